The lowest BCUT2D eigenvalue weighted by Gasteiger charge is -2.22. The summed E-state index contributed by atoms with van der Waals surface area (Å²) in [4.78, 5) is 0. The predicted molar refractivity (Wildman–Crippen MR) is 131 cm³/mol. The van der Waals surface area contributed by atoms with Crippen LogP contribution in [0.1, 0.15) is 56.3 Å². The molecule has 1 saturated carbocycles. The summed E-state index contributed by atoms with van der Waals surface area (Å²) in [5, 5.41) is -1.62. The molecule has 14 heteroatoms. The molecular formula is C26H25F9N2O2S. The first-order chi connectivity index (χ1) is 18.1. The first-order valence-corrected chi connectivity index (χ1v) is 13.6. The van der Waals surface area contributed by atoms with E-state index in [9.17, 15) is 47.9 Å². The third-order valence-electron chi connectivity index (χ3n) is 6.41. The number of halogens is 9. The second-order valence-electron chi connectivity index (χ2n) is 11.1. The molecule has 1 aliphatic rings. The van der Waals surface area contributed by atoms with Gasteiger partial charge in [0.15, 0.2) is 0 Å². The van der Waals surface area contributed by atoms with Gasteiger partial charge < -0.3 is 4.57 Å². The zero-order valence-electron chi connectivity index (χ0n) is 21.4. The van der Waals surface area contributed by atoms with Crippen LogP contribution < -0.4 is 4.72 Å². The molecule has 40 heavy (non-hydrogen) atoms. The summed E-state index contributed by atoms with van der Waals surface area (Å²) in [6, 6.07) is 1.90. The Morgan fingerprint density at radius 1 is 0.875 bits per heavy atom. The van der Waals surface area contributed by atoms with Crippen molar-refractivity contribution in [1.82, 2.24) is 9.29 Å². The molecule has 1 aromatic heterocycles. The fourth-order valence-electron chi connectivity index (χ4n) is 4.60. The maximum atomic E-state index is 14.3. The molecule has 1 aliphatic carbocycles. The minimum absolute atomic E-state index is 0.0326. The Morgan fingerprint density at radius 2 is 1.45 bits per heavy atom. The fourth-order valence-corrected chi connectivity index (χ4v) is 6.14. The molecule has 0 spiro atoms. The van der Waals surface area contributed by atoms with Gasteiger partial charge in [-0.15, -0.1) is 0 Å². The summed E-state index contributed by atoms with van der Waals surface area (Å²) in [6.45, 7) is 5.09. The monoisotopic (exact) mass is 600 g/mol. The van der Waals surface area contributed by atoms with Crippen LogP contribution in [0, 0.1) is 5.41 Å². The highest BCUT2D eigenvalue weighted by atomic mass is 32.2. The molecule has 1 heterocycles. The largest absolute Gasteiger partial charge is 0.417 e. The van der Waals surface area contributed by atoms with Gasteiger partial charge in [-0.2, -0.15) is 44.2 Å². The Morgan fingerprint density at radius 3 is 1.95 bits per heavy atom. The van der Waals surface area contributed by atoms with Gasteiger partial charge in [0.25, 0.3) is 0 Å². The molecule has 0 bridgehead atoms. The van der Waals surface area contributed by atoms with E-state index >= 15 is 0 Å². The lowest BCUT2D eigenvalue weighted by molar-refractivity contribution is -0.152. The number of sulfonamides is 1. The first-order valence-electron chi connectivity index (χ1n) is 12.1. The second kappa shape index (κ2) is 9.68. The zero-order valence-corrected chi connectivity index (χ0v) is 22.2. The van der Waals surface area contributed by atoms with Gasteiger partial charge in [-0.05, 0) is 47.6 Å². The van der Waals surface area contributed by atoms with Crippen LogP contribution in [-0.4, -0.2) is 24.4 Å². The number of alkyl halides is 9. The van der Waals surface area contributed by atoms with Crippen molar-refractivity contribution >= 4 is 20.9 Å². The van der Waals surface area contributed by atoms with E-state index in [0.29, 0.717) is 12.1 Å². The number of fused-ring (bicyclic) bond motifs is 1. The number of rotatable bonds is 6. The van der Waals surface area contributed by atoms with E-state index in [2.05, 4.69) is 0 Å². The molecular weight excluding hydrogens is 575 g/mol. The minimum atomic E-state index is -5.26. The normalized spacial score (nSPS) is 16.5. The Balaban J connectivity index is 2.07. The van der Waals surface area contributed by atoms with Gasteiger partial charge in [0, 0.05) is 29.2 Å². The molecule has 1 atom stereocenters. The van der Waals surface area contributed by atoms with Crippen molar-refractivity contribution in [3.05, 3.63) is 59.3 Å². The highest BCUT2D eigenvalue weighted by molar-refractivity contribution is 7.90. The molecule has 4 nitrogen and oxygen atoms in total. The van der Waals surface area contributed by atoms with Crippen LogP contribution in [0.4, 0.5) is 39.5 Å². The maximum Gasteiger partial charge on any atom is 0.417 e. The smallest absolute Gasteiger partial charge is 0.347 e. The van der Waals surface area contributed by atoms with E-state index in [-0.39, 0.29) is 24.9 Å². The molecule has 0 saturated heterocycles. The van der Waals surface area contributed by atoms with Crippen LogP contribution in [-0.2, 0) is 28.9 Å². The van der Waals surface area contributed by atoms with Gasteiger partial charge in [0.05, 0.1) is 16.4 Å². The molecule has 0 radical (unpaired) electrons. The topological polar surface area (TPSA) is 51.1 Å². The van der Waals surface area contributed by atoms with E-state index in [1.54, 1.807) is 25.5 Å². The zero-order chi connectivity index (χ0) is 30.1. The third kappa shape index (κ3) is 6.27. The molecule has 220 valence electrons. The van der Waals surface area contributed by atoms with E-state index in [1.807, 2.05) is 0 Å². The highest BCUT2D eigenvalue weighted by Gasteiger charge is 2.48. The van der Waals surface area contributed by atoms with Crippen molar-refractivity contribution in [2.24, 2.45) is 5.41 Å². The van der Waals surface area contributed by atoms with Crippen molar-refractivity contribution in [1.29, 1.82) is 0 Å². The van der Waals surface area contributed by atoms with E-state index < -0.39 is 78.5 Å². The van der Waals surface area contributed by atoms with Crippen molar-refractivity contribution in [3.8, 4) is 11.1 Å². The van der Waals surface area contributed by atoms with E-state index in [1.165, 1.54) is 4.57 Å². The van der Waals surface area contributed by atoms with Crippen LogP contribution in [0.5, 0.6) is 0 Å². The summed E-state index contributed by atoms with van der Waals surface area (Å²) >= 11 is 0. The molecule has 1 unspecified atom stereocenters. The lowest BCUT2D eigenvalue weighted by Crippen LogP contribution is -2.39. The average molecular weight is 601 g/mol. The van der Waals surface area contributed by atoms with Gasteiger partial charge >= 0.3 is 18.5 Å². The van der Waals surface area contributed by atoms with Crippen LogP contribution in [0.3, 0.4) is 0 Å². The number of hydrogen-bond acceptors (Lipinski definition) is 2. The number of nitrogens with one attached hydrogen (secondary N) is 1. The molecule has 0 aliphatic heterocycles. The quantitative estimate of drug-likeness (QED) is 0.291. The number of aromatic nitrogens is 1. The lowest BCUT2D eigenvalue weighted by atomic mass is 9.92. The highest BCUT2D eigenvalue weighted by Crippen LogP contribution is 2.47. The van der Waals surface area contributed by atoms with E-state index in [0.717, 1.165) is 30.5 Å². The Hall–Kier alpha value is -2.74. The van der Waals surface area contributed by atoms with Crippen LogP contribution >= 0.6 is 0 Å². The van der Waals surface area contributed by atoms with Gasteiger partial charge in [-0.1, -0.05) is 39.0 Å². The van der Waals surface area contributed by atoms with Gasteiger partial charge in [-0.25, -0.2) is 8.42 Å². The van der Waals surface area contributed by atoms with Gasteiger partial charge in [0.2, 0.25) is 10.0 Å². The number of benzene rings is 2. The van der Waals surface area contributed by atoms with E-state index in [4.69, 9.17) is 0 Å². The molecule has 4 rings (SSSR count). The molecule has 2 aromatic carbocycles. The summed E-state index contributed by atoms with van der Waals surface area (Å²) in [6.07, 6.45) is -14.3. The Labute approximate surface area is 224 Å². The molecule has 1 N–H and O–H groups in total. The summed E-state index contributed by atoms with van der Waals surface area (Å²) < 4.78 is 155. The summed E-state index contributed by atoms with van der Waals surface area (Å²) in [5.41, 5.74) is -6.21. The SMILES string of the molecule is CC(C)(C)Cn1cc(C(NS(=O)(=O)C2CC2)C(F)(F)F)c2cc(C(F)(F)F)c(-c3ccccc3C(F)(F)F)cc21. The van der Waals surface area contributed by atoms with Crippen LogP contribution in [0.2, 0.25) is 0 Å². The van der Waals surface area contributed by atoms with Crippen molar-refractivity contribution in [2.75, 3.05) is 0 Å². The average Bonchev–Trinajstić information content (AvgIpc) is 3.59. The van der Waals surface area contributed by atoms with Crippen LogP contribution in [0.15, 0.2) is 42.6 Å². The molecule has 0 amide bonds. The maximum absolute atomic E-state index is 14.3. The van der Waals surface area contributed by atoms with Gasteiger partial charge in [0.1, 0.15) is 6.04 Å². The molecule has 1 fully saturated rings. The molecule has 3 aromatic rings. The Kier molecular flexibility index (Phi) is 7.31. The standard InChI is InChI=1S/C26H25F9N2O2S/c1-23(2,3)13-37-12-18(22(26(33,34)35)36-40(38,39)14-8-9-14)17-10-20(25(30,31)32)16(11-21(17)37)15-6-4-5-7-19(15)24(27,28)29/h4-7,10-12,14,22,36H,8-9,13H2,1-3H3. The number of nitrogens with zero attached hydrogens (tertiary/aromatic N) is 1. The second-order valence-corrected chi connectivity index (χ2v) is 13.1. The van der Waals surface area contributed by atoms with Gasteiger partial charge in [-0.3, -0.25) is 0 Å². The predicted octanol–water partition coefficient (Wildman–Crippen LogP) is 8.08. The van der Waals surface area contributed by atoms with Crippen molar-refractivity contribution in [3.63, 3.8) is 0 Å². The first kappa shape index (κ1) is 30.2. The number of hydrogen-bond donors (Lipinski definition) is 1. The van der Waals surface area contributed by atoms with Crippen LogP contribution in [0.25, 0.3) is 22.0 Å². The van der Waals surface area contributed by atoms with Crippen molar-refractivity contribution in [2.45, 2.75) is 70.0 Å². The Bertz CT molecular complexity index is 1520. The third-order valence-corrected chi connectivity index (χ3v) is 8.32. The minimum Gasteiger partial charge on any atom is -0.347 e. The fraction of sp³-hybridized carbons (Fsp3) is 0.462. The summed E-state index contributed by atoms with van der Waals surface area (Å²) in [7, 11) is -4.45. The van der Waals surface area contributed by atoms with Crippen molar-refractivity contribution < 1.29 is 47.9 Å². The summed E-state index contributed by atoms with van der Waals surface area (Å²) in [5.74, 6) is 0.